The molecule has 0 radical (unpaired) electrons. The van der Waals surface area contributed by atoms with Gasteiger partial charge in [-0.1, -0.05) is 12.1 Å². The van der Waals surface area contributed by atoms with Gasteiger partial charge in [0.1, 0.15) is 23.2 Å². The van der Waals surface area contributed by atoms with Crippen LogP contribution in [0.4, 0.5) is 11.6 Å². The fourth-order valence-corrected chi connectivity index (χ4v) is 3.02. The summed E-state index contributed by atoms with van der Waals surface area (Å²) in [5.41, 5.74) is 2.43. The summed E-state index contributed by atoms with van der Waals surface area (Å²) in [4.78, 5) is 11.6. The molecule has 1 aromatic carbocycles. The van der Waals surface area contributed by atoms with Crippen LogP contribution in [-0.2, 0) is 12.8 Å². The molecule has 1 aromatic heterocycles. The van der Waals surface area contributed by atoms with Crippen molar-refractivity contribution in [3.63, 3.8) is 0 Å². The van der Waals surface area contributed by atoms with Crippen LogP contribution in [0.2, 0.25) is 0 Å². The number of fused-ring (bicyclic) bond motifs is 1. The van der Waals surface area contributed by atoms with Gasteiger partial charge < -0.3 is 15.3 Å². The van der Waals surface area contributed by atoms with Crippen molar-refractivity contribution in [1.29, 1.82) is 0 Å². The van der Waals surface area contributed by atoms with E-state index in [4.69, 9.17) is 0 Å². The molecular formula is C18H24N4O. The molecule has 5 heteroatoms. The van der Waals surface area contributed by atoms with E-state index in [1.54, 1.807) is 12.1 Å². The lowest BCUT2D eigenvalue weighted by molar-refractivity contribution is 0.475. The van der Waals surface area contributed by atoms with Gasteiger partial charge in [0.25, 0.3) is 0 Å². The van der Waals surface area contributed by atoms with Gasteiger partial charge in [0.15, 0.2) is 0 Å². The predicted octanol–water partition coefficient (Wildman–Crippen LogP) is 2.92. The molecule has 5 nitrogen and oxygen atoms in total. The van der Waals surface area contributed by atoms with E-state index >= 15 is 0 Å². The normalized spacial score (nSPS) is 13.5. The molecular weight excluding hydrogens is 288 g/mol. The zero-order valence-electron chi connectivity index (χ0n) is 14.0. The molecule has 122 valence electrons. The Morgan fingerprint density at radius 3 is 2.65 bits per heavy atom. The molecule has 0 saturated heterocycles. The van der Waals surface area contributed by atoms with E-state index in [9.17, 15) is 5.11 Å². The maximum Gasteiger partial charge on any atom is 0.137 e. The van der Waals surface area contributed by atoms with Crippen LogP contribution in [-0.4, -0.2) is 34.2 Å². The van der Waals surface area contributed by atoms with Crippen molar-refractivity contribution in [2.45, 2.75) is 39.7 Å². The highest BCUT2D eigenvalue weighted by Crippen LogP contribution is 2.32. The average Bonchev–Trinajstić information content (AvgIpc) is 2.93. The van der Waals surface area contributed by atoms with Crippen molar-refractivity contribution in [2.24, 2.45) is 0 Å². The highest BCUT2D eigenvalue weighted by molar-refractivity contribution is 5.63. The molecule has 0 unspecified atom stereocenters. The van der Waals surface area contributed by atoms with Gasteiger partial charge in [-0.2, -0.15) is 0 Å². The van der Waals surface area contributed by atoms with Crippen LogP contribution >= 0.6 is 0 Å². The number of phenolic OH excluding ortho intramolecular Hbond substituents is 1. The molecule has 0 aliphatic carbocycles. The summed E-state index contributed by atoms with van der Waals surface area (Å²) in [6.45, 7) is 8.17. The highest BCUT2D eigenvalue weighted by atomic mass is 16.3. The summed E-state index contributed by atoms with van der Waals surface area (Å²) < 4.78 is 0. The van der Waals surface area contributed by atoms with Gasteiger partial charge in [-0.05, 0) is 51.3 Å². The lowest BCUT2D eigenvalue weighted by Gasteiger charge is -2.23. The molecule has 0 fully saturated rings. The second kappa shape index (κ2) is 6.44. The molecule has 2 heterocycles. The SMILES string of the molecule is Cc1nc(NCCc2ccc(O)cc2)c2c(n1)N(C(C)C)CC2. The van der Waals surface area contributed by atoms with Crippen molar-refractivity contribution in [2.75, 3.05) is 23.3 Å². The number of hydrogen-bond acceptors (Lipinski definition) is 5. The number of rotatable bonds is 5. The molecule has 0 saturated carbocycles. The van der Waals surface area contributed by atoms with Crippen LogP contribution in [0, 0.1) is 6.92 Å². The first-order valence-electron chi connectivity index (χ1n) is 8.20. The molecule has 23 heavy (non-hydrogen) atoms. The molecule has 0 atom stereocenters. The zero-order chi connectivity index (χ0) is 16.4. The number of nitrogens with zero attached hydrogens (tertiary/aromatic N) is 3. The number of benzene rings is 1. The molecule has 0 amide bonds. The number of hydrogen-bond donors (Lipinski definition) is 2. The standard InChI is InChI=1S/C18H24N4O/c1-12(2)22-11-9-16-17(20-13(3)21-18(16)22)19-10-8-14-4-6-15(23)7-5-14/h4-7,12,23H,8-11H2,1-3H3,(H,19,20,21). The third-order valence-electron chi connectivity index (χ3n) is 4.24. The van der Waals surface area contributed by atoms with Crippen LogP contribution in [0.15, 0.2) is 24.3 Å². The summed E-state index contributed by atoms with van der Waals surface area (Å²) >= 11 is 0. The minimum Gasteiger partial charge on any atom is -0.508 e. The number of aromatic nitrogens is 2. The van der Waals surface area contributed by atoms with E-state index in [2.05, 4.69) is 34.0 Å². The van der Waals surface area contributed by atoms with Crippen LogP contribution < -0.4 is 10.2 Å². The fourth-order valence-electron chi connectivity index (χ4n) is 3.02. The Morgan fingerprint density at radius 1 is 1.22 bits per heavy atom. The smallest absolute Gasteiger partial charge is 0.137 e. The van der Waals surface area contributed by atoms with E-state index in [-0.39, 0.29) is 0 Å². The Hall–Kier alpha value is -2.30. The van der Waals surface area contributed by atoms with Crippen LogP contribution in [0.25, 0.3) is 0 Å². The Kier molecular flexibility index (Phi) is 4.37. The van der Waals surface area contributed by atoms with Gasteiger partial charge in [-0.25, -0.2) is 9.97 Å². The average molecular weight is 312 g/mol. The topological polar surface area (TPSA) is 61.3 Å². The second-order valence-corrected chi connectivity index (χ2v) is 6.30. The maximum absolute atomic E-state index is 9.33. The molecule has 3 rings (SSSR count). The molecule has 0 spiro atoms. The minimum atomic E-state index is 0.305. The highest BCUT2D eigenvalue weighted by Gasteiger charge is 2.26. The minimum absolute atomic E-state index is 0.305. The van der Waals surface area contributed by atoms with Gasteiger partial charge in [0.2, 0.25) is 0 Å². The van der Waals surface area contributed by atoms with E-state index in [1.807, 2.05) is 19.1 Å². The molecule has 1 aliphatic rings. The van der Waals surface area contributed by atoms with Gasteiger partial charge in [0, 0.05) is 24.7 Å². The fraction of sp³-hybridized carbons (Fsp3) is 0.444. The summed E-state index contributed by atoms with van der Waals surface area (Å²) in [6, 6.07) is 7.81. The van der Waals surface area contributed by atoms with Gasteiger partial charge in [-0.15, -0.1) is 0 Å². The maximum atomic E-state index is 9.33. The third kappa shape index (κ3) is 3.38. The Labute approximate surface area is 137 Å². The first-order valence-corrected chi connectivity index (χ1v) is 8.20. The van der Waals surface area contributed by atoms with Crippen molar-refractivity contribution in [3.8, 4) is 5.75 Å². The predicted molar refractivity (Wildman–Crippen MR) is 93.3 cm³/mol. The summed E-state index contributed by atoms with van der Waals surface area (Å²) in [6.07, 6.45) is 1.89. The van der Waals surface area contributed by atoms with Crippen LogP contribution in [0.5, 0.6) is 5.75 Å². The second-order valence-electron chi connectivity index (χ2n) is 6.30. The van der Waals surface area contributed by atoms with E-state index in [1.165, 1.54) is 11.1 Å². The number of aryl methyl sites for hydroxylation is 1. The van der Waals surface area contributed by atoms with Crippen molar-refractivity contribution in [3.05, 3.63) is 41.2 Å². The van der Waals surface area contributed by atoms with Crippen molar-refractivity contribution < 1.29 is 5.11 Å². The van der Waals surface area contributed by atoms with Gasteiger partial charge >= 0.3 is 0 Å². The Balaban J connectivity index is 1.71. The monoisotopic (exact) mass is 312 g/mol. The Bertz CT molecular complexity index is 682. The van der Waals surface area contributed by atoms with Gasteiger partial charge in [-0.3, -0.25) is 0 Å². The first-order chi connectivity index (χ1) is 11.0. The lowest BCUT2D eigenvalue weighted by Crippen LogP contribution is -2.29. The zero-order valence-corrected chi connectivity index (χ0v) is 14.0. The van der Waals surface area contributed by atoms with E-state index in [0.29, 0.717) is 11.8 Å². The van der Waals surface area contributed by atoms with E-state index < -0.39 is 0 Å². The quantitative estimate of drug-likeness (QED) is 0.889. The largest absolute Gasteiger partial charge is 0.508 e. The first kappa shape index (κ1) is 15.6. The van der Waals surface area contributed by atoms with Crippen molar-refractivity contribution in [1.82, 2.24) is 9.97 Å². The van der Waals surface area contributed by atoms with Crippen LogP contribution in [0.3, 0.4) is 0 Å². The molecule has 0 bridgehead atoms. The summed E-state index contributed by atoms with van der Waals surface area (Å²) in [5.74, 6) is 3.16. The number of anilines is 2. The molecule has 2 aromatic rings. The summed E-state index contributed by atoms with van der Waals surface area (Å²) in [5, 5.41) is 12.8. The Morgan fingerprint density at radius 2 is 1.96 bits per heavy atom. The summed E-state index contributed by atoms with van der Waals surface area (Å²) in [7, 11) is 0. The lowest BCUT2D eigenvalue weighted by atomic mass is 10.1. The number of nitrogens with one attached hydrogen (secondary N) is 1. The van der Waals surface area contributed by atoms with Gasteiger partial charge in [0.05, 0.1) is 0 Å². The number of phenols is 1. The van der Waals surface area contributed by atoms with Crippen molar-refractivity contribution >= 4 is 11.6 Å². The molecule has 1 aliphatic heterocycles. The van der Waals surface area contributed by atoms with E-state index in [0.717, 1.165) is 43.4 Å². The molecule has 2 N–H and O–H groups in total. The third-order valence-corrected chi connectivity index (χ3v) is 4.24. The number of aromatic hydroxyl groups is 1. The van der Waals surface area contributed by atoms with Crippen LogP contribution in [0.1, 0.15) is 30.8 Å².